The van der Waals surface area contributed by atoms with Crippen LogP contribution in [0.25, 0.3) is 0 Å². The van der Waals surface area contributed by atoms with Crippen molar-refractivity contribution in [3.63, 3.8) is 0 Å². The average molecular weight is 265 g/mol. The van der Waals surface area contributed by atoms with Gasteiger partial charge >= 0.3 is 0 Å². The van der Waals surface area contributed by atoms with Crippen molar-refractivity contribution >= 4 is 40.4 Å². The maximum absolute atomic E-state index is 5.78. The zero-order chi connectivity index (χ0) is 12.1. The van der Waals surface area contributed by atoms with E-state index in [1.54, 1.807) is 30.7 Å². The normalized spacial score (nSPS) is 9.71. The second kappa shape index (κ2) is 5.56. The Bertz CT molecular complexity index is 501. The Morgan fingerprint density at radius 3 is 2.53 bits per heavy atom. The van der Waals surface area contributed by atoms with Gasteiger partial charge in [-0.3, -0.25) is 4.98 Å². The van der Waals surface area contributed by atoms with Crippen molar-refractivity contribution in [3.8, 4) is 0 Å². The first-order valence-corrected chi connectivity index (χ1v) is 5.62. The van der Waals surface area contributed by atoms with Crippen LogP contribution in [-0.2, 0) is 0 Å². The average Bonchev–Trinajstić information content (AvgIpc) is 2.33. The van der Waals surface area contributed by atoms with Crippen molar-refractivity contribution in [2.45, 2.75) is 0 Å². The molecule has 0 saturated heterocycles. The molecule has 0 bridgehead atoms. The van der Waals surface area contributed by atoms with Crippen LogP contribution in [0.3, 0.4) is 0 Å². The quantitative estimate of drug-likeness (QED) is 0.817. The molecule has 1 aromatic heterocycles. The zero-order valence-electron chi connectivity index (χ0n) is 8.72. The molecule has 86 valence electrons. The fourth-order valence-electron chi connectivity index (χ4n) is 1.18. The standard InChI is InChI=1S/C11H9ClN4S/c12-8-1-3-9(4-2-8)15-11(17)16-10-7-13-5-6-14-10/h1-7H,(H2,14,15,16,17). The zero-order valence-corrected chi connectivity index (χ0v) is 10.3. The molecule has 0 aliphatic heterocycles. The topological polar surface area (TPSA) is 49.8 Å². The fraction of sp³-hybridized carbons (Fsp3) is 0. The fourth-order valence-corrected chi connectivity index (χ4v) is 1.52. The number of nitrogens with zero attached hydrogens (tertiary/aromatic N) is 2. The number of benzene rings is 1. The maximum atomic E-state index is 5.78. The lowest BCUT2D eigenvalue weighted by atomic mass is 10.3. The molecule has 0 aliphatic rings. The number of nitrogens with one attached hydrogen (secondary N) is 2. The van der Waals surface area contributed by atoms with Gasteiger partial charge in [0.05, 0.1) is 6.20 Å². The van der Waals surface area contributed by atoms with Crippen LogP contribution in [0.2, 0.25) is 5.02 Å². The molecule has 0 fully saturated rings. The van der Waals surface area contributed by atoms with Crippen molar-refractivity contribution in [1.29, 1.82) is 0 Å². The summed E-state index contributed by atoms with van der Waals surface area (Å²) >= 11 is 10.9. The molecular formula is C11H9ClN4S. The molecule has 0 amide bonds. The summed E-state index contributed by atoms with van der Waals surface area (Å²) < 4.78 is 0. The summed E-state index contributed by atoms with van der Waals surface area (Å²) in [5.74, 6) is 0.596. The molecule has 2 aromatic rings. The van der Waals surface area contributed by atoms with E-state index in [1.807, 2.05) is 12.1 Å². The smallest absolute Gasteiger partial charge is 0.176 e. The van der Waals surface area contributed by atoms with Crippen LogP contribution in [-0.4, -0.2) is 15.1 Å². The number of anilines is 2. The molecule has 0 saturated carbocycles. The molecule has 2 rings (SSSR count). The first kappa shape index (κ1) is 11.8. The van der Waals surface area contributed by atoms with E-state index < -0.39 is 0 Å². The Balaban J connectivity index is 1.96. The summed E-state index contributed by atoms with van der Waals surface area (Å²) in [5.41, 5.74) is 0.857. The Labute approximate surface area is 109 Å². The number of thiocarbonyl (C=S) groups is 1. The number of rotatable bonds is 2. The predicted molar refractivity (Wildman–Crippen MR) is 73.3 cm³/mol. The minimum atomic E-state index is 0.452. The van der Waals surface area contributed by atoms with Gasteiger partial charge in [0.1, 0.15) is 0 Å². The van der Waals surface area contributed by atoms with Gasteiger partial charge < -0.3 is 10.6 Å². The first-order valence-electron chi connectivity index (χ1n) is 4.83. The van der Waals surface area contributed by atoms with E-state index in [0.29, 0.717) is 16.0 Å². The first-order chi connectivity index (χ1) is 8.24. The van der Waals surface area contributed by atoms with Crippen LogP contribution in [0, 0.1) is 0 Å². The Hall–Kier alpha value is -1.72. The lowest BCUT2D eigenvalue weighted by Gasteiger charge is -2.09. The summed E-state index contributed by atoms with van der Waals surface area (Å²) in [6.45, 7) is 0. The van der Waals surface area contributed by atoms with Crippen LogP contribution in [0.5, 0.6) is 0 Å². The highest BCUT2D eigenvalue weighted by Gasteiger charge is 1.99. The van der Waals surface area contributed by atoms with E-state index in [4.69, 9.17) is 23.8 Å². The van der Waals surface area contributed by atoms with Crippen molar-refractivity contribution in [2.75, 3.05) is 10.6 Å². The number of aromatic nitrogens is 2. The number of hydrogen-bond donors (Lipinski definition) is 2. The van der Waals surface area contributed by atoms with Gasteiger partial charge in [-0.1, -0.05) is 11.6 Å². The SMILES string of the molecule is S=C(Nc1ccc(Cl)cc1)Nc1cnccn1. The number of hydrogen-bond acceptors (Lipinski definition) is 3. The molecular weight excluding hydrogens is 256 g/mol. The van der Waals surface area contributed by atoms with Gasteiger partial charge in [0, 0.05) is 23.1 Å². The predicted octanol–water partition coefficient (Wildman–Crippen LogP) is 2.94. The van der Waals surface area contributed by atoms with Gasteiger partial charge in [-0.25, -0.2) is 4.98 Å². The minimum Gasteiger partial charge on any atom is -0.332 e. The third-order valence-corrected chi connectivity index (χ3v) is 2.36. The maximum Gasteiger partial charge on any atom is 0.176 e. The molecule has 0 atom stereocenters. The van der Waals surface area contributed by atoms with Gasteiger partial charge in [0.2, 0.25) is 0 Å². The highest BCUT2D eigenvalue weighted by Crippen LogP contribution is 2.13. The van der Waals surface area contributed by atoms with E-state index in [0.717, 1.165) is 5.69 Å². The summed E-state index contributed by atoms with van der Waals surface area (Å²) in [4.78, 5) is 7.98. The van der Waals surface area contributed by atoms with Gasteiger partial charge in [-0.05, 0) is 36.5 Å². The summed E-state index contributed by atoms with van der Waals surface area (Å²) in [6.07, 6.45) is 4.78. The minimum absolute atomic E-state index is 0.452. The second-order valence-electron chi connectivity index (χ2n) is 3.18. The van der Waals surface area contributed by atoms with Crippen LogP contribution in [0.1, 0.15) is 0 Å². The molecule has 0 unspecified atom stereocenters. The van der Waals surface area contributed by atoms with Crippen LogP contribution in [0.15, 0.2) is 42.9 Å². The largest absolute Gasteiger partial charge is 0.332 e. The van der Waals surface area contributed by atoms with E-state index in [9.17, 15) is 0 Å². The van der Waals surface area contributed by atoms with Gasteiger partial charge in [0.15, 0.2) is 10.9 Å². The Morgan fingerprint density at radius 2 is 1.88 bits per heavy atom. The van der Waals surface area contributed by atoms with Crippen molar-refractivity contribution < 1.29 is 0 Å². The Kier molecular flexibility index (Phi) is 3.85. The highest BCUT2D eigenvalue weighted by molar-refractivity contribution is 7.80. The molecule has 6 heteroatoms. The van der Waals surface area contributed by atoms with Crippen molar-refractivity contribution in [2.24, 2.45) is 0 Å². The summed E-state index contributed by atoms with van der Waals surface area (Å²) in [5, 5.41) is 7.07. The van der Waals surface area contributed by atoms with E-state index in [1.165, 1.54) is 0 Å². The Morgan fingerprint density at radius 1 is 1.12 bits per heavy atom. The van der Waals surface area contributed by atoms with E-state index in [2.05, 4.69) is 20.6 Å². The van der Waals surface area contributed by atoms with Gasteiger partial charge in [-0.2, -0.15) is 0 Å². The van der Waals surface area contributed by atoms with Crippen LogP contribution < -0.4 is 10.6 Å². The third kappa shape index (κ3) is 3.65. The van der Waals surface area contributed by atoms with E-state index in [-0.39, 0.29) is 0 Å². The molecule has 17 heavy (non-hydrogen) atoms. The molecule has 1 aromatic carbocycles. The van der Waals surface area contributed by atoms with Crippen LogP contribution >= 0.6 is 23.8 Å². The van der Waals surface area contributed by atoms with E-state index >= 15 is 0 Å². The van der Waals surface area contributed by atoms with Crippen LogP contribution in [0.4, 0.5) is 11.5 Å². The summed E-state index contributed by atoms with van der Waals surface area (Å²) in [7, 11) is 0. The highest BCUT2D eigenvalue weighted by atomic mass is 35.5. The monoisotopic (exact) mass is 264 g/mol. The lowest BCUT2D eigenvalue weighted by molar-refractivity contribution is 1.21. The van der Waals surface area contributed by atoms with Crippen molar-refractivity contribution in [3.05, 3.63) is 47.9 Å². The van der Waals surface area contributed by atoms with Gasteiger partial charge in [0.25, 0.3) is 0 Å². The molecule has 0 radical (unpaired) electrons. The third-order valence-electron chi connectivity index (χ3n) is 1.91. The molecule has 1 heterocycles. The molecule has 4 nitrogen and oxygen atoms in total. The second-order valence-corrected chi connectivity index (χ2v) is 4.02. The van der Waals surface area contributed by atoms with Crippen molar-refractivity contribution in [1.82, 2.24) is 9.97 Å². The lowest BCUT2D eigenvalue weighted by Crippen LogP contribution is -2.19. The van der Waals surface area contributed by atoms with Gasteiger partial charge in [-0.15, -0.1) is 0 Å². The number of halogens is 1. The molecule has 0 spiro atoms. The molecule has 0 aliphatic carbocycles. The summed E-state index contributed by atoms with van der Waals surface area (Å²) in [6, 6.07) is 7.25. The molecule has 2 N–H and O–H groups in total.